The molecule has 1 aromatic carbocycles. The molecule has 1 unspecified atom stereocenters. The number of benzene rings is 1. The predicted molar refractivity (Wildman–Crippen MR) is 104 cm³/mol. The van der Waals surface area contributed by atoms with Crippen molar-refractivity contribution in [3.63, 3.8) is 0 Å². The van der Waals surface area contributed by atoms with Gasteiger partial charge < -0.3 is 26.0 Å². The molecular formula is C20H30N4O3. The number of nitrogens with two attached hydrogens (primary N) is 1. The molecule has 7 nitrogen and oxygen atoms in total. The Balaban J connectivity index is 1.47. The Bertz CT molecular complexity index is 656. The predicted octanol–water partition coefficient (Wildman–Crippen LogP) is 1.86. The molecule has 27 heavy (non-hydrogen) atoms. The van der Waals surface area contributed by atoms with Gasteiger partial charge in [0.25, 0.3) is 0 Å². The van der Waals surface area contributed by atoms with E-state index in [1.54, 1.807) is 0 Å². The number of rotatable bonds is 4. The molecule has 0 aromatic heterocycles. The zero-order chi connectivity index (χ0) is 19.3. The van der Waals surface area contributed by atoms with Crippen molar-refractivity contribution in [1.82, 2.24) is 10.2 Å². The summed E-state index contributed by atoms with van der Waals surface area (Å²) in [7, 11) is 0. The van der Waals surface area contributed by atoms with E-state index >= 15 is 0 Å². The van der Waals surface area contributed by atoms with Crippen LogP contribution in [0.2, 0.25) is 0 Å². The number of nitrogens with one attached hydrogen (secondary N) is 2. The SMILES string of the molecule is Cc1ccc(NC(=O)NCC2CCCN(C(=O)C3(N)CCOCC3)C2)cc1. The number of likely N-dealkylation sites (tertiary alicyclic amines) is 1. The quantitative estimate of drug-likeness (QED) is 0.749. The van der Waals surface area contributed by atoms with E-state index in [1.807, 2.05) is 36.1 Å². The maximum Gasteiger partial charge on any atom is 0.319 e. The van der Waals surface area contributed by atoms with Gasteiger partial charge in [-0.15, -0.1) is 0 Å². The first-order valence-corrected chi connectivity index (χ1v) is 9.74. The molecule has 1 aromatic rings. The van der Waals surface area contributed by atoms with E-state index in [2.05, 4.69) is 10.6 Å². The smallest absolute Gasteiger partial charge is 0.319 e. The maximum absolute atomic E-state index is 12.9. The number of piperidine rings is 1. The maximum atomic E-state index is 12.9. The second kappa shape index (κ2) is 8.71. The number of aryl methyl sites for hydroxylation is 1. The summed E-state index contributed by atoms with van der Waals surface area (Å²) >= 11 is 0. The van der Waals surface area contributed by atoms with Crippen LogP contribution in [-0.4, -0.2) is 55.2 Å². The van der Waals surface area contributed by atoms with Crippen LogP contribution in [0, 0.1) is 12.8 Å². The Morgan fingerprint density at radius 2 is 1.96 bits per heavy atom. The molecule has 4 N–H and O–H groups in total. The normalized spacial score (nSPS) is 22.1. The summed E-state index contributed by atoms with van der Waals surface area (Å²) in [6.07, 6.45) is 3.08. The Morgan fingerprint density at radius 1 is 1.26 bits per heavy atom. The van der Waals surface area contributed by atoms with Crippen molar-refractivity contribution >= 4 is 17.6 Å². The number of nitrogens with zero attached hydrogens (tertiary/aromatic N) is 1. The molecule has 2 heterocycles. The highest BCUT2D eigenvalue weighted by molar-refractivity contribution is 5.89. The van der Waals surface area contributed by atoms with Crippen LogP contribution < -0.4 is 16.4 Å². The number of hydrogen-bond donors (Lipinski definition) is 3. The lowest BCUT2D eigenvalue weighted by atomic mass is 9.88. The summed E-state index contributed by atoms with van der Waals surface area (Å²) in [5.41, 5.74) is 7.47. The Labute approximate surface area is 160 Å². The van der Waals surface area contributed by atoms with Crippen molar-refractivity contribution in [3.8, 4) is 0 Å². The third-order valence-corrected chi connectivity index (χ3v) is 5.48. The third kappa shape index (κ3) is 5.20. The second-order valence-electron chi connectivity index (χ2n) is 7.73. The molecule has 148 valence electrons. The minimum absolute atomic E-state index is 0.0274. The number of ether oxygens (including phenoxy) is 1. The lowest BCUT2D eigenvalue weighted by Gasteiger charge is -2.40. The minimum atomic E-state index is -0.795. The topological polar surface area (TPSA) is 96.7 Å². The zero-order valence-corrected chi connectivity index (χ0v) is 16.0. The van der Waals surface area contributed by atoms with Crippen LogP contribution in [0.5, 0.6) is 0 Å². The fourth-order valence-electron chi connectivity index (χ4n) is 3.73. The zero-order valence-electron chi connectivity index (χ0n) is 16.0. The summed E-state index contributed by atoms with van der Waals surface area (Å²) in [6.45, 7) is 5.02. The van der Waals surface area contributed by atoms with Gasteiger partial charge in [-0.2, -0.15) is 0 Å². The summed E-state index contributed by atoms with van der Waals surface area (Å²) in [4.78, 5) is 26.9. The van der Waals surface area contributed by atoms with Gasteiger partial charge in [0.15, 0.2) is 0 Å². The van der Waals surface area contributed by atoms with Crippen LogP contribution in [0.25, 0.3) is 0 Å². The van der Waals surface area contributed by atoms with Gasteiger partial charge in [-0.05, 0) is 50.7 Å². The minimum Gasteiger partial charge on any atom is -0.381 e. The van der Waals surface area contributed by atoms with Gasteiger partial charge in [-0.1, -0.05) is 17.7 Å². The Morgan fingerprint density at radius 3 is 2.67 bits per heavy atom. The molecule has 0 saturated carbocycles. The number of hydrogen-bond acceptors (Lipinski definition) is 4. The van der Waals surface area contributed by atoms with Crippen molar-refractivity contribution < 1.29 is 14.3 Å². The van der Waals surface area contributed by atoms with Crippen LogP contribution in [0.15, 0.2) is 24.3 Å². The Kier molecular flexibility index (Phi) is 6.34. The molecular weight excluding hydrogens is 344 g/mol. The second-order valence-corrected chi connectivity index (χ2v) is 7.73. The van der Waals surface area contributed by atoms with E-state index in [0.29, 0.717) is 39.1 Å². The number of urea groups is 1. The van der Waals surface area contributed by atoms with E-state index in [9.17, 15) is 9.59 Å². The molecule has 1 atom stereocenters. The van der Waals surface area contributed by atoms with Gasteiger partial charge in [0.05, 0.1) is 5.54 Å². The number of carbonyl (C=O) groups excluding carboxylic acids is 2. The lowest BCUT2D eigenvalue weighted by Crippen LogP contribution is -2.60. The van der Waals surface area contributed by atoms with Crippen LogP contribution >= 0.6 is 0 Å². The Hall–Kier alpha value is -2.12. The van der Waals surface area contributed by atoms with Crippen molar-refractivity contribution in [2.45, 2.75) is 38.1 Å². The number of anilines is 1. The van der Waals surface area contributed by atoms with Gasteiger partial charge in [0.2, 0.25) is 5.91 Å². The molecule has 2 aliphatic heterocycles. The summed E-state index contributed by atoms with van der Waals surface area (Å²) in [5, 5.41) is 5.76. The van der Waals surface area contributed by atoms with E-state index in [1.165, 1.54) is 0 Å². The van der Waals surface area contributed by atoms with Gasteiger partial charge >= 0.3 is 6.03 Å². The first-order chi connectivity index (χ1) is 13.0. The van der Waals surface area contributed by atoms with E-state index in [-0.39, 0.29) is 17.9 Å². The fraction of sp³-hybridized carbons (Fsp3) is 0.600. The molecule has 2 saturated heterocycles. The van der Waals surface area contributed by atoms with E-state index < -0.39 is 5.54 Å². The number of amides is 3. The highest BCUT2D eigenvalue weighted by Gasteiger charge is 2.40. The summed E-state index contributed by atoms with van der Waals surface area (Å²) in [6, 6.07) is 7.45. The molecule has 2 fully saturated rings. The van der Waals surface area contributed by atoms with Gasteiger partial charge in [0.1, 0.15) is 0 Å². The van der Waals surface area contributed by atoms with Crippen molar-refractivity contribution in [2.75, 3.05) is 38.2 Å². The molecule has 0 spiro atoms. The van der Waals surface area contributed by atoms with Crippen LogP contribution in [0.3, 0.4) is 0 Å². The third-order valence-electron chi connectivity index (χ3n) is 5.48. The fourth-order valence-corrected chi connectivity index (χ4v) is 3.73. The van der Waals surface area contributed by atoms with Crippen molar-refractivity contribution in [3.05, 3.63) is 29.8 Å². The van der Waals surface area contributed by atoms with E-state index in [0.717, 1.165) is 30.6 Å². The summed E-state index contributed by atoms with van der Waals surface area (Å²) < 4.78 is 5.34. The highest BCUT2D eigenvalue weighted by atomic mass is 16.5. The average Bonchev–Trinajstić information content (AvgIpc) is 2.68. The molecule has 0 radical (unpaired) electrons. The molecule has 7 heteroatoms. The number of carbonyl (C=O) groups is 2. The highest BCUT2D eigenvalue weighted by Crippen LogP contribution is 2.24. The summed E-state index contributed by atoms with van der Waals surface area (Å²) in [5.74, 6) is 0.273. The lowest BCUT2D eigenvalue weighted by molar-refractivity contribution is -0.142. The largest absolute Gasteiger partial charge is 0.381 e. The molecule has 3 amide bonds. The van der Waals surface area contributed by atoms with Crippen molar-refractivity contribution in [1.29, 1.82) is 0 Å². The first kappa shape index (κ1) is 19.6. The molecule has 2 aliphatic rings. The standard InChI is InChI=1S/C20H30N4O3/c1-15-4-6-17(7-5-15)23-19(26)22-13-16-3-2-10-24(14-16)18(25)20(21)8-11-27-12-9-20/h4-7,16H,2-3,8-14,21H2,1H3,(H2,22,23,26). The van der Waals surface area contributed by atoms with Crippen LogP contribution in [0.1, 0.15) is 31.2 Å². The monoisotopic (exact) mass is 374 g/mol. The molecule has 0 bridgehead atoms. The van der Waals surface area contributed by atoms with Gasteiger partial charge in [0, 0.05) is 38.5 Å². The first-order valence-electron chi connectivity index (χ1n) is 9.74. The van der Waals surface area contributed by atoms with Gasteiger partial charge in [-0.25, -0.2) is 4.79 Å². The van der Waals surface area contributed by atoms with Crippen molar-refractivity contribution in [2.24, 2.45) is 11.7 Å². The van der Waals surface area contributed by atoms with Crippen LogP contribution in [0.4, 0.5) is 10.5 Å². The van der Waals surface area contributed by atoms with Gasteiger partial charge in [-0.3, -0.25) is 4.79 Å². The molecule has 3 rings (SSSR count). The molecule has 0 aliphatic carbocycles. The van der Waals surface area contributed by atoms with Crippen LogP contribution in [-0.2, 0) is 9.53 Å². The van der Waals surface area contributed by atoms with E-state index in [4.69, 9.17) is 10.5 Å². The average molecular weight is 374 g/mol.